The van der Waals surface area contributed by atoms with Gasteiger partial charge in [0.2, 0.25) is 5.88 Å². The second-order valence-corrected chi connectivity index (χ2v) is 12.5. The van der Waals surface area contributed by atoms with Gasteiger partial charge in [0.15, 0.2) is 11.6 Å². The molecule has 3 heterocycles. The number of aliphatic hydroxyl groups is 1. The van der Waals surface area contributed by atoms with E-state index in [4.69, 9.17) is 30.8 Å². The Morgan fingerprint density at radius 3 is 2.47 bits per heavy atom. The lowest BCUT2D eigenvalue weighted by Crippen LogP contribution is -2.66. The molecule has 0 unspecified atom stereocenters. The third-order valence-corrected chi connectivity index (χ3v) is 9.03. The van der Waals surface area contributed by atoms with Crippen LogP contribution in [-0.4, -0.2) is 76.2 Å². The normalized spacial score (nSPS) is 17.8. The Morgan fingerprint density at radius 1 is 1.05 bits per heavy atom. The number of anilines is 1. The van der Waals surface area contributed by atoms with Crippen LogP contribution in [0.15, 0.2) is 66.7 Å². The molecule has 2 fully saturated rings. The number of hydrogen-bond acceptors (Lipinski definition) is 7. The molecule has 3 aromatic carbocycles. The number of hydrogen-bond donors (Lipinski definition) is 1. The van der Waals surface area contributed by atoms with Gasteiger partial charge in [0.1, 0.15) is 5.60 Å². The molecule has 7 nitrogen and oxygen atoms in total. The molecule has 0 saturated carbocycles. The van der Waals surface area contributed by atoms with E-state index in [9.17, 15) is 5.11 Å². The third-order valence-electron chi connectivity index (χ3n) is 8.80. The molecular formula is C34H37ClFN3O4. The summed E-state index contributed by atoms with van der Waals surface area (Å²) >= 11 is 6.46. The molecule has 2 saturated heterocycles. The molecule has 43 heavy (non-hydrogen) atoms. The summed E-state index contributed by atoms with van der Waals surface area (Å²) in [5.41, 5.74) is 1.90. The number of nitrogens with zero attached hydrogens (tertiary/aromatic N) is 3. The highest BCUT2D eigenvalue weighted by Gasteiger charge is 2.49. The predicted molar refractivity (Wildman–Crippen MR) is 167 cm³/mol. The summed E-state index contributed by atoms with van der Waals surface area (Å²) in [4.78, 5) is 9.20. The Bertz CT molecular complexity index is 1640. The molecule has 1 aromatic heterocycles. The lowest BCUT2D eigenvalue weighted by Gasteiger charge is -2.56. The van der Waals surface area contributed by atoms with Gasteiger partial charge in [-0.2, -0.15) is 0 Å². The van der Waals surface area contributed by atoms with Crippen LogP contribution in [0.1, 0.15) is 29.0 Å². The van der Waals surface area contributed by atoms with E-state index in [1.54, 1.807) is 43.5 Å². The number of aromatic nitrogens is 1. The Kier molecular flexibility index (Phi) is 7.98. The highest BCUT2D eigenvalue weighted by Crippen LogP contribution is 2.49. The van der Waals surface area contributed by atoms with Crippen molar-refractivity contribution < 1.29 is 23.7 Å². The van der Waals surface area contributed by atoms with Crippen molar-refractivity contribution in [1.29, 1.82) is 0 Å². The summed E-state index contributed by atoms with van der Waals surface area (Å²) in [6.45, 7) is 4.04. The maximum absolute atomic E-state index is 16.3. The first kappa shape index (κ1) is 29.6. The van der Waals surface area contributed by atoms with E-state index in [1.807, 2.05) is 37.2 Å². The molecule has 2 aliphatic rings. The maximum atomic E-state index is 16.3. The zero-order valence-electron chi connectivity index (χ0n) is 24.9. The molecule has 0 bridgehead atoms. The van der Waals surface area contributed by atoms with E-state index in [-0.39, 0.29) is 23.1 Å². The number of benzene rings is 3. The Balaban J connectivity index is 1.56. The minimum atomic E-state index is -1.60. The second kappa shape index (κ2) is 11.6. The van der Waals surface area contributed by atoms with Gasteiger partial charge in [-0.05, 0) is 68.5 Å². The van der Waals surface area contributed by atoms with Crippen molar-refractivity contribution in [3.05, 3.63) is 94.3 Å². The fourth-order valence-electron chi connectivity index (χ4n) is 6.45. The summed E-state index contributed by atoms with van der Waals surface area (Å²) in [6, 6.07) is 20.3. The average molecular weight is 606 g/mol. The van der Waals surface area contributed by atoms with Crippen molar-refractivity contribution in [2.75, 3.05) is 66.1 Å². The average Bonchev–Trinajstić information content (AvgIpc) is 2.95. The van der Waals surface area contributed by atoms with Crippen molar-refractivity contribution in [3.8, 4) is 11.6 Å². The number of fused-ring (bicyclic) bond motifs is 1. The van der Waals surface area contributed by atoms with Gasteiger partial charge in [-0.15, -0.1) is 0 Å². The summed E-state index contributed by atoms with van der Waals surface area (Å²) < 4.78 is 33.0. The van der Waals surface area contributed by atoms with Crippen LogP contribution in [-0.2, 0) is 10.3 Å². The summed E-state index contributed by atoms with van der Waals surface area (Å²) in [5, 5.41) is 14.2. The van der Waals surface area contributed by atoms with Crippen molar-refractivity contribution in [2.24, 2.45) is 5.41 Å². The van der Waals surface area contributed by atoms with E-state index in [2.05, 4.69) is 17.0 Å². The van der Waals surface area contributed by atoms with Crippen molar-refractivity contribution >= 4 is 28.2 Å². The van der Waals surface area contributed by atoms with Gasteiger partial charge in [0.25, 0.3) is 0 Å². The molecule has 4 aromatic rings. The molecule has 1 N–H and O–H groups in total. The van der Waals surface area contributed by atoms with Gasteiger partial charge in [-0.3, -0.25) is 0 Å². The van der Waals surface area contributed by atoms with Crippen LogP contribution in [0.4, 0.5) is 10.1 Å². The Labute approximate surface area is 256 Å². The van der Waals surface area contributed by atoms with Crippen molar-refractivity contribution in [1.82, 2.24) is 9.88 Å². The molecule has 6 rings (SSSR count). The van der Waals surface area contributed by atoms with Gasteiger partial charge in [-0.1, -0.05) is 35.9 Å². The predicted octanol–water partition coefficient (Wildman–Crippen LogP) is 5.85. The second-order valence-electron chi connectivity index (χ2n) is 12.1. The van der Waals surface area contributed by atoms with Crippen LogP contribution >= 0.6 is 11.6 Å². The monoisotopic (exact) mass is 605 g/mol. The molecule has 0 aliphatic carbocycles. The van der Waals surface area contributed by atoms with Crippen LogP contribution in [0.25, 0.3) is 10.9 Å². The quantitative estimate of drug-likeness (QED) is 0.243. The zero-order chi connectivity index (χ0) is 30.4. The van der Waals surface area contributed by atoms with Gasteiger partial charge < -0.3 is 29.1 Å². The molecule has 9 heteroatoms. The van der Waals surface area contributed by atoms with Gasteiger partial charge in [0, 0.05) is 46.9 Å². The standard InChI is InChI=1S/C34H37ClFN3O4/c1-38(2)14-13-34(40,23-7-5-8-24(35)17-23)30(26-9-6-10-29(41-3)31(26)36)27-16-22-15-25(11-12-28(22)37-32(27)42-4)39-18-33(19-39)20-43-21-33/h5-12,15-17,30,40H,13-14,18-21H2,1-4H3/t30-,34+/m0/s1. The van der Waals surface area contributed by atoms with E-state index in [0.717, 1.165) is 42.9 Å². The van der Waals surface area contributed by atoms with Gasteiger partial charge in [-0.25, -0.2) is 9.37 Å². The Morgan fingerprint density at radius 2 is 1.81 bits per heavy atom. The van der Waals surface area contributed by atoms with E-state index in [1.165, 1.54) is 7.11 Å². The molecule has 0 amide bonds. The van der Waals surface area contributed by atoms with E-state index < -0.39 is 17.3 Å². The fraction of sp³-hybridized carbons (Fsp3) is 0.382. The largest absolute Gasteiger partial charge is 0.494 e. The van der Waals surface area contributed by atoms with E-state index >= 15 is 4.39 Å². The maximum Gasteiger partial charge on any atom is 0.217 e. The molecule has 1 spiro atoms. The first-order valence-corrected chi connectivity index (χ1v) is 14.8. The minimum absolute atomic E-state index is 0.0882. The summed E-state index contributed by atoms with van der Waals surface area (Å²) in [7, 11) is 6.86. The van der Waals surface area contributed by atoms with Crippen LogP contribution in [0.3, 0.4) is 0 Å². The number of ether oxygens (including phenoxy) is 3. The van der Waals surface area contributed by atoms with Gasteiger partial charge in [0.05, 0.1) is 44.3 Å². The van der Waals surface area contributed by atoms with E-state index in [0.29, 0.717) is 28.6 Å². The molecule has 0 radical (unpaired) electrons. The van der Waals surface area contributed by atoms with Crippen LogP contribution in [0.5, 0.6) is 11.6 Å². The first-order valence-electron chi connectivity index (χ1n) is 14.4. The number of pyridine rings is 1. The lowest BCUT2D eigenvalue weighted by molar-refractivity contribution is -0.127. The summed E-state index contributed by atoms with van der Waals surface area (Å²) in [5.74, 6) is -1.07. The van der Waals surface area contributed by atoms with Crippen LogP contribution in [0, 0.1) is 11.2 Å². The first-order chi connectivity index (χ1) is 20.7. The van der Waals surface area contributed by atoms with Crippen molar-refractivity contribution in [3.63, 3.8) is 0 Å². The smallest absolute Gasteiger partial charge is 0.217 e. The number of methoxy groups -OCH3 is 2. The molecule has 226 valence electrons. The SMILES string of the molecule is COc1cccc([C@@H](c2cc3cc(N4CC5(COC5)C4)ccc3nc2OC)[C@@](O)(CCN(C)C)c2cccc(Cl)c2)c1F. The molecule has 2 atom stereocenters. The molecule has 2 aliphatic heterocycles. The van der Waals surface area contributed by atoms with Gasteiger partial charge >= 0.3 is 0 Å². The summed E-state index contributed by atoms with van der Waals surface area (Å²) in [6.07, 6.45) is 0.279. The molecular weight excluding hydrogens is 569 g/mol. The third kappa shape index (κ3) is 5.42. The topological polar surface area (TPSA) is 67.3 Å². The Hall–Kier alpha value is -3.43. The zero-order valence-corrected chi connectivity index (χ0v) is 25.7. The van der Waals surface area contributed by atoms with Crippen LogP contribution < -0.4 is 14.4 Å². The number of halogens is 2. The van der Waals surface area contributed by atoms with Crippen molar-refractivity contribution in [2.45, 2.75) is 17.9 Å². The number of rotatable bonds is 10. The lowest BCUT2D eigenvalue weighted by atomic mass is 9.71. The highest BCUT2D eigenvalue weighted by molar-refractivity contribution is 6.30. The minimum Gasteiger partial charge on any atom is -0.494 e. The highest BCUT2D eigenvalue weighted by atomic mass is 35.5. The fourth-order valence-corrected chi connectivity index (χ4v) is 6.64. The van der Waals surface area contributed by atoms with Crippen LogP contribution in [0.2, 0.25) is 5.02 Å².